The second-order valence-electron chi connectivity index (χ2n) is 6.64. The summed E-state index contributed by atoms with van der Waals surface area (Å²) in [4.78, 5) is 23.6. The van der Waals surface area contributed by atoms with Gasteiger partial charge in [-0.15, -0.1) is 0 Å². The Morgan fingerprint density at radius 1 is 1.00 bits per heavy atom. The maximum atomic E-state index is 11.9. The van der Waals surface area contributed by atoms with E-state index in [0.717, 1.165) is 38.5 Å². The molecule has 0 radical (unpaired) electrons. The average Bonchev–Trinajstić information content (AvgIpc) is 2.39. The molecule has 0 heterocycles. The number of carbonyl (C=O) groups is 2. The first-order chi connectivity index (χ1) is 9.25. The lowest BCUT2D eigenvalue weighted by Crippen LogP contribution is -2.55. The third-order valence-corrected chi connectivity index (χ3v) is 3.61. The highest BCUT2D eigenvalue weighted by molar-refractivity contribution is 5.84. The normalized spacial score (nSPS) is 20.1. The summed E-state index contributed by atoms with van der Waals surface area (Å²) in [7, 11) is 0. The predicted molar refractivity (Wildman–Crippen MR) is 76.7 cm³/mol. The number of hydrogen-bond acceptors (Lipinski definition) is 3. The van der Waals surface area contributed by atoms with Crippen LogP contribution in [0.2, 0.25) is 0 Å². The van der Waals surface area contributed by atoms with Crippen molar-refractivity contribution in [3.8, 4) is 0 Å². The molecule has 116 valence electrons. The Morgan fingerprint density at radius 3 is 1.85 bits per heavy atom. The minimum absolute atomic E-state index is 0.474. The van der Waals surface area contributed by atoms with Gasteiger partial charge in [0, 0.05) is 0 Å². The van der Waals surface area contributed by atoms with Crippen molar-refractivity contribution < 1.29 is 19.4 Å². The van der Waals surface area contributed by atoms with Crippen molar-refractivity contribution >= 4 is 12.1 Å². The van der Waals surface area contributed by atoms with Gasteiger partial charge in [0.05, 0.1) is 0 Å². The van der Waals surface area contributed by atoms with Gasteiger partial charge < -0.3 is 15.2 Å². The van der Waals surface area contributed by atoms with E-state index < -0.39 is 23.2 Å². The van der Waals surface area contributed by atoms with Crippen molar-refractivity contribution in [1.29, 1.82) is 0 Å². The molecule has 0 atom stereocenters. The first-order valence-electron chi connectivity index (χ1n) is 7.50. The largest absolute Gasteiger partial charge is 0.480 e. The molecule has 1 saturated carbocycles. The zero-order valence-corrected chi connectivity index (χ0v) is 12.8. The molecule has 1 fully saturated rings. The summed E-state index contributed by atoms with van der Waals surface area (Å²) < 4.78 is 5.21. The van der Waals surface area contributed by atoms with E-state index in [9.17, 15) is 14.7 Å². The number of rotatable bonds is 2. The molecule has 0 aromatic heterocycles. The maximum absolute atomic E-state index is 11.9. The van der Waals surface area contributed by atoms with Crippen molar-refractivity contribution in [2.45, 2.75) is 83.3 Å². The van der Waals surface area contributed by atoms with Crippen LogP contribution in [-0.4, -0.2) is 28.3 Å². The molecule has 2 N–H and O–H groups in total. The maximum Gasteiger partial charge on any atom is 0.408 e. The minimum Gasteiger partial charge on any atom is -0.480 e. The van der Waals surface area contributed by atoms with Crippen LogP contribution < -0.4 is 5.32 Å². The van der Waals surface area contributed by atoms with Crippen LogP contribution in [0.25, 0.3) is 0 Å². The molecule has 0 spiro atoms. The summed E-state index contributed by atoms with van der Waals surface area (Å²) in [5, 5.41) is 12.2. The van der Waals surface area contributed by atoms with Gasteiger partial charge in [-0.2, -0.15) is 0 Å². The molecule has 0 unspecified atom stereocenters. The second kappa shape index (κ2) is 6.95. The Kier molecular flexibility index (Phi) is 5.84. The van der Waals surface area contributed by atoms with Gasteiger partial charge in [0.2, 0.25) is 0 Å². The number of ether oxygens (including phenoxy) is 1. The van der Waals surface area contributed by atoms with Crippen LogP contribution in [0.4, 0.5) is 4.79 Å². The molecule has 1 rings (SSSR count). The predicted octanol–water partition coefficient (Wildman–Crippen LogP) is 3.47. The highest BCUT2D eigenvalue weighted by Gasteiger charge is 2.40. The molecule has 0 bridgehead atoms. The van der Waals surface area contributed by atoms with Crippen LogP contribution in [0.1, 0.15) is 72.1 Å². The van der Waals surface area contributed by atoms with Crippen molar-refractivity contribution in [3.63, 3.8) is 0 Å². The lowest BCUT2D eigenvalue weighted by atomic mass is 9.88. The summed E-state index contributed by atoms with van der Waals surface area (Å²) in [6, 6.07) is 0. The zero-order valence-electron chi connectivity index (χ0n) is 12.8. The van der Waals surface area contributed by atoms with E-state index in [1.54, 1.807) is 20.8 Å². The minimum atomic E-state index is -1.17. The van der Waals surface area contributed by atoms with Crippen molar-refractivity contribution in [2.75, 3.05) is 0 Å². The average molecular weight is 285 g/mol. The highest BCUT2D eigenvalue weighted by Crippen LogP contribution is 2.26. The summed E-state index contributed by atoms with van der Waals surface area (Å²) in [6.45, 7) is 5.30. The van der Waals surface area contributed by atoms with Gasteiger partial charge in [0.15, 0.2) is 0 Å². The Morgan fingerprint density at radius 2 is 1.45 bits per heavy atom. The molecule has 1 amide bonds. The van der Waals surface area contributed by atoms with E-state index in [0.29, 0.717) is 12.8 Å². The van der Waals surface area contributed by atoms with Gasteiger partial charge in [-0.25, -0.2) is 9.59 Å². The summed E-state index contributed by atoms with van der Waals surface area (Å²) >= 11 is 0. The number of alkyl carbamates (subject to hydrolysis) is 1. The molecule has 1 aliphatic carbocycles. The SMILES string of the molecule is CC(C)(C)OC(=O)NC1(C(=O)O)CCCCCCCC1. The molecule has 1 aliphatic rings. The summed E-state index contributed by atoms with van der Waals surface area (Å²) in [5.74, 6) is -0.953. The monoisotopic (exact) mass is 285 g/mol. The quantitative estimate of drug-likeness (QED) is 0.814. The van der Waals surface area contributed by atoms with Crippen LogP contribution in [0.3, 0.4) is 0 Å². The van der Waals surface area contributed by atoms with E-state index >= 15 is 0 Å². The first-order valence-corrected chi connectivity index (χ1v) is 7.50. The molecule has 0 aliphatic heterocycles. The Labute approximate surface area is 121 Å². The lowest BCUT2D eigenvalue weighted by molar-refractivity contribution is -0.145. The molecule has 0 aromatic rings. The molecule has 5 heteroatoms. The van der Waals surface area contributed by atoms with Gasteiger partial charge in [0.25, 0.3) is 0 Å². The third-order valence-electron chi connectivity index (χ3n) is 3.61. The molecule has 20 heavy (non-hydrogen) atoms. The van der Waals surface area contributed by atoms with Crippen molar-refractivity contribution in [1.82, 2.24) is 5.32 Å². The smallest absolute Gasteiger partial charge is 0.408 e. The summed E-state index contributed by atoms with van der Waals surface area (Å²) in [6.07, 6.45) is 6.27. The van der Waals surface area contributed by atoms with Crippen LogP contribution in [0, 0.1) is 0 Å². The Balaban J connectivity index is 2.78. The number of aliphatic carboxylic acids is 1. The van der Waals surface area contributed by atoms with Crippen molar-refractivity contribution in [2.24, 2.45) is 0 Å². The van der Waals surface area contributed by atoms with Gasteiger partial charge in [0.1, 0.15) is 11.1 Å². The fourth-order valence-electron chi connectivity index (χ4n) is 2.58. The fourth-order valence-corrected chi connectivity index (χ4v) is 2.58. The topological polar surface area (TPSA) is 75.6 Å². The van der Waals surface area contributed by atoms with E-state index in [4.69, 9.17) is 4.74 Å². The van der Waals surface area contributed by atoms with E-state index in [-0.39, 0.29) is 0 Å². The van der Waals surface area contributed by atoms with Crippen LogP contribution >= 0.6 is 0 Å². The molecular formula is C15H27NO4. The third kappa shape index (κ3) is 5.39. The van der Waals surface area contributed by atoms with Gasteiger partial charge in [-0.1, -0.05) is 38.5 Å². The van der Waals surface area contributed by atoms with Crippen molar-refractivity contribution in [3.05, 3.63) is 0 Å². The highest BCUT2D eigenvalue weighted by atomic mass is 16.6. The summed E-state index contributed by atoms with van der Waals surface area (Å²) in [5.41, 5.74) is -1.80. The van der Waals surface area contributed by atoms with Crippen LogP contribution in [0.15, 0.2) is 0 Å². The lowest BCUT2D eigenvalue weighted by Gasteiger charge is -2.31. The fraction of sp³-hybridized carbons (Fsp3) is 0.867. The van der Waals surface area contributed by atoms with Gasteiger partial charge in [-0.3, -0.25) is 0 Å². The standard InChI is InChI=1S/C15H27NO4/c1-14(2,3)20-13(19)16-15(12(17)18)10-8-6-4-5-7-9-11-15/h4-11H2,1-3H3,(H,16,19)(H,17,18). The van der Waals surface area contributed by atoms with Crippen LogP contribution in [0.5, 0.6) is 0 Å². The number of carboxylic acids is 1. The number of amides is 1. The van der Waals surface area contributed by atoms with Crippen LogP contribution in [-0.2, 0) is 9.53 Å². The second-order valence-corrected chi connectivity index (χ2v) is 6.64. The van der Waals surface area contributed by atoms with E-state index in [1.165, 1.54) is 0 Å². The van der Waals surface area contributed by atoms with E-state index in [2.05, 4.69) is 5.32 Å². The number of hydrogen-bond donors (Lipinski definition) is 2. The first kappa shape index (κ1) is 16.8. The Bertz CT molecular complexity index is 336. The molecular weight excluding hydrogens is 258 g/mol. The van der Waals surface area contributed by atoms with Gasteiger partial charge in [-0.05, 0) is 33.6 Å². The molecule has 0 saturated heterocycles. The molecule has 5 nitrogen and oxygen atoms in total. The van der Waals surface area contributed by atoms with E-state index in [1.807, 2.05) is 0 Å². The van der Waals surface area contributed by atoms with Gasteiger partial charge >= 0.3 is 12.1 Å². The molecule has 0 aromatic carbocycles. The Hall–Kier alpha value is -1.26. The number of carbonyl (C=O) groups excluding carboxylic acids is 1. The number of nitrogens with one attached hydrogen (secondary N) is 1. The zero-order chi connectivity index (χ0) is 15.2. The number of carboxylic acid groups (broad SMARTS) is 1.